The van der Waals surface area contributed by atoms with Gasteiger partial charge in [-0.2, -0.15) is 0 Å². The number of carbonyl (C=O) groups is 1. The number of carbonyl (C=O) groups excluding carboxylic acids is 1. The van der Waals surface area contributed by atoms with Gasteiger partial charge in [-0.15, -0.1) is 0 Å². The summed E-state index contributed by atoms with van der Waals surface area (Å²) in [5.74, 6) is -0.785. The smallest absolute Gasteiger partial charge is 0.318 e. The Morgan fingerprint density at radius 2 is 1.23 bits per heavy atom. The van der Waals surface area contributed by atoms with E-state index in [-0.39, 0.29) is 16.8 Å². The Bertz CT molecular complexity index is 1370. The molecule has 3 heteroatoms. The minimum atomic E-state index is -0.838. The molecule has 0 fully saturated rings. The summed E-state index contributed by atoms with van der Waals surface area (Å²) < 4.78 is 6.31. The zero-order valence-corrected chi connectivity index (χ0v) is 25.5. The zero-order valence-electron chi connectivity index (χ0n) is 24.6. The highest BCUT2D eigenvalue weighted by Crippen LogP contribution is 2.41. The predicted octanol–water partition coefficient (Wildman–Crippen LogP) is 8.13. The van der Waals surface area contributed by atoms with Crippen LogP contribution < -0.4 is 15.9 Å². The summed E-state index contributed by atoms with van der Waals surface area (Å²) in [5.41, 5.74) is 3.26. The lowest BCUT2D eigenvalue weighted by atomic mass is 9.75. The molecule has 1 aliphatic rings. The summed E-state index contributed by atoms with van der Waals surface area (Å²) in [4.78, 5) is 13.9. The number of esters is 1. The quantitative estimate of drug-likeness (QED) is 0.161. The van der Waals surface area contributed by atoms with Gasteiger partial charge < -0.3 is 4.74 Å². The SMILES string of the molecule is C=C(C(OC(=O)C1C=CC=C1c1ccccc1P(c1ccccc1)c1ccccc1)C(=C)C(C)(C)C)C(C)(C)C. The van der Waals surface area contributed by atoms with E-state index in [1.807, 2.05) is 12.2 Å². The number of allylic oxidation sites excluding steroid dienone is 2. The van der Waals surface area contributed by atoms with Crippen molar-refractivity contribution in [3.63, 3.8) is 0 Å². The topological polar surface area (TPSA) is 26.3 Å². The van der Waals surface area contributed by atoms with Crippen LogP contribution in [0.3, 0.4) is 0 Å². The van der Waals surface area contributed by atoms with Gasteiger partial charge in [0.2, 0.25) is 0 Å². The van der Waals surface area contributed by atoms with Gasteiger partial charge >= 0.3 is 5.97 Å². The van der Waals surface area contributed by atoms with Gasteiger partial charge in [-0.3, -0.25) is 4.79 Å². The third-order valence-corrected chi connectivity index (χ3v) is 9.95. The van der Waals surface area contributed by atoms with Crippen molar-refractivity contribution >= 4 is 35.4 Å². The number of hydrogen-bond donors (Lipinski definition) is 0. The second kappa shape index (κ2) is 11.9. The number of rotatable bonds is 8. The lowest BCUT2D eigenvalue weighted by molar-refractivity contribution is -0.148. The minimum absolute atomic E-state index is 0.239. The molecule has 0 aliphatic heterocycles. The number of ether oxygens (including phenoxy) is 1. The van der Waals surface area contributed by atoms with Crippen LogP contribution >= 0.6 is 7.92 Å². The lowest BCUT2D eigenvalue weighted by Gasteiger charge is -2.36. The second-order valence-electron chi connectivity index (χ2n) is 12.4. The first-order valence-corrected chi connectivity index (χ1v) is 15.2. The molecule has 3 aromatic rings. The van der Waals surface area contributed by atoms with Crippen LogP contribution in [-0.2, 0) is 9.53 Å². The lowest BCUT2D eigenvalue weighted by Crippen LogP contribution is -2.34. The highest BCUT2D eigenvalue weighted by atomic mass is 31.1. The number of benzene rings is 3. The van der Waals surface area contributed by atoms with Crippen LogP contribution in [0.2, 0.25) is 0 Å². The van der Waals surface area contributed by atoms with Crippen molar-refractivity contribution in [1.82, 2.24) is 0 Å². The van der Waals surface area contributed by atoms with Crippen LogP contribution in [-0.4, -0.2) is 12.1 Å². The first-order chi connectivity index (χ1) is 18.9. The van der Waals surface area contributed by atoms with Crippen molar-refractivity contribution in [3.05, 3.63) is 133 Å². The third kappa shape index (κ3) is 6.45. The molecule has 206 valence electrons. The van der Waals surface area contributed by atoms with Crippen molar-refractivity contribution < 1.29 is 9.53 Å². The van der Waals surface area contributed by atoms with E-state index in [1.165, 1.54) is 15.9 Å². The van der Waals surface area contributed by atoms with Gasteiger partial charge in [0.25, 0.3) is 0 Å². The molecular formula is C37H41O2P. The van der Waals surface area contributed by atoms with Crippen molar-refractivity contribution in [2.45, 2.75) is 47.6 Å². The van der Waals surface area contributed by atoms with Crippen LogP contribution in [0.4, 0.5) is 0 Å². The first kappa shape index (κ1) is 29.5. The maximum absolute atomic E-state index is 13.9. The largest absolute Gasteiger partial charge is 0.453 e. The van der Waals surface area contributed by atoms with Crippen LogP contribution in [0.5, 0.6) is 0 Å². The molecule has 2 nitrogen and oxygen atoms in total. The number of hydrogen-bond acceptors (Lipinski definition) is 2. The van der Waals surface area contributed by atoms with Gasteiger partial charge in [0.05, 0.1) is 0 Å². The van der Waals surface area contributed by atoms with Gasteiger partial charge in [0.1, 0.15) is 12.0 Å². The van der Waals surface area contributed by atoms with Gasteiger partial charge in [-0.25, -0.2) is 0 Å². The molecule has 0 saturated carbocycles. The molecule has 1 atom stereocenters. The maximum Gasteiger partial charge on any atom is 0.318 e. The molecule has 0 heterocycles. The molecule has 0 amide bonds. The Hall–Kier alpha value is -3.48. The average molecular weight is 549 g/mol. The molecule has 1 aliphatic carbocycles. The zero-order chi connectivity index (χ0) is 29.1. The summed E-state index contributed by atoms with van der Waals surface area (Å²) in [6.07, 6.45) is 5.40. The predicted molar refractivity (Wildman–Crippen MR) is 173 cm³/mol. The third-order valence-electron chi connectivity index (χ3n) is 7.45. The molecule has 0 aromatic heterocycles. The molecular weight excluding hydrogens is 507 g/mol. The molecule has 3 aromatic carbocycles. The molecule has 0 N–H and O–H groups in total. The van der Waals surface area contributed by atoms with E-state index < -0.39 is 19.9 Å². The first-order valence-electron chi connectivity index (χ1n) is 13.9. The van der Waals surface area contributed by atoms with Gasteiger partial charge in [-0.1, -0.05) is 158 Å². The summed E-state index contributed by atoms with van der Waals surface area (Å²) >= 11 is 0. The van der Waals surface area contributed by atoms with E-state index in [1.54, 1.807) is 0 Å². The normalized spacial score (nSPS) is 15.3. The Morgan fingerprint density at radius 1 is 0.750 bits per heavy atom. The summed E-state index contributed by atoms with van der Waals surface area (Å²) in [6, 6.07) is 29.8. The van der Waals surface area contributed by atoms with Gasteiger partial charge in [0, 0.05) is 0 Å². The van der Waals surface area contributed by atoms with E-state index >= 15 is 0 Å². The molecule has 4 rings (SSSR count). The van der Waals surface area contributed by atoms with E-state index in [2.05, 4.69) is 146 Å². The molecule has 1 unspecified atom stereocenters. The van der Waals surface area contributed by atoms with E-state index in [4.69, 9.17) is 4.74 Å². The van der Waals surface area contributed by atoms with Gasteiger partial charge in [0.15, 0.2) is 0 Å². The van der Waals surface area contributed by atoms with Crippen molar-refractivity contribution in [1.29, 1.82) is 0 Å². The fourth-order valence-electron chi connectivity index (χ4n) is 4.76. The Labute approximate surface area is 241 Å². The Kier molecular flexibility index (Phi) is 8.81. The molecule has 40 heavy (non-hydrogen) atoms. The highest BCUT2D eigenvalue weighted by molar-refractivity contribution is 7.80. The van der Waals surface area contributed by atoms with Crippen LogP contribution in [0.15, 0.2) is 127 Å². The average Bonchev–Trinajstić information content (AvgIpc) is 3.42. The molecule has 0 radical (unpaired) electrons. The van der Waals surface area contributed by atoms with Crippen molar-refractivity contribution in [3.8, 4) is 0 Å². The summed E-state index contributed by atoms with van der Waals surface area (Å²) in [5, 5.41) is 3.76. The molecule has 0 spiro atoms. The fraction of sp³-hybridized carbons (Fsp3) is 0.270. The minimum Gasteiger partial charge on any atom is -0.453 e. The van der Waals surface area contributed by atoms with E-state index in [0.717, 1.165) is 22.3 Å². The molecule has 0 bridgehead atoms. The van der Waals surface area contributed by atoms with E-state index in [0.29, 0.717) is 0 Å². The van der Waals surface area contributed by atoms with Gasteiger partial charge in [-0.05, 0) is 56.9 Å². The van der Waals surface area contributed by atoms with Crippen LogP contribution in [0, 0.1) is 16.7 Å². The summed E-state index contributed by atoms with van der Waals surface area (Å²) in [7, 11) is -0.838. The van der Waals surface area contributed by atoms with Crippen LogP contribution in [0.25, 0.3) is 5.57 Å². The Balaban J connectivity index is 1.73. The highest BCUT2D eigenvalue weighted by Gasteiger charge is 2.36. The van der Waals surface area contributed by atoms with Crippen molar-refractivity contribution in [2.75, 3.05) is 0 Å². The maximum atomic E-state index is 13.9. The second-order valence-corrected chi connectivity index (χ2v) is 14.6. The van der Waals surface area contributed by atoms with Crippen LogP contribution in [0.1, 0.15) is 47.1 Å². The Morgan fingerprint density at radius 3 is 1.73 bits per heavy atom. The van der Waals surface area contributed by atoms with E-state index in [9.17, 15) is 4.79 Å². The monoisotopic (exact) mass is 548 g/mol. The standard InChI is InChI=1S/C37H41O2P/c1-26(36(3,4)5)34(27(2)37(6,7)8)39-35(38)32-24-17-23-30(32)31-22-15-16-25-33(31)40(28-18-11-9-12-19-28)29-20-13-10-14-21-29/h9-25,32,34H,1-2H2,3-8H3. The summed E-state index contributed by atoms with van der Waals surface area (Å²) in [6.45, 7) is 21.3. The fourth-order valence-corrected chi connectivity index (χ4v) is 7.24. The molecule has 0 saturated heterocycles. The van der Waals surface area contributed by atoms with Crippen molar-refractivity contribution in [2.24, 2.45) is 16.7 Å².